The van der Waals surface area contributed by atoms with Gasteiger partial charge in [-0.1, -0.05) is 5.16 Å². The zero-order valence-corrected chi connectivity index (χ0v) is 10.6. The quantitative estimate of drug-likeness (QED) is 0.859. The van der Waals surface area contributed by atoms with Crippen LogP contribution in [0.4, 0.5) is 0 Å². The average molecular weight is 253 g/mol. The molecule has 0 amide bonds. The lowest BCUT2D eigenvalue weighted by Gasteiger charge is -2.32. The highest BCUT2D eigenvalue weighted by Gasteiger charge is 2.41. The second-order valence-electron chi connectivity index (χ2n) is 5.11. The highest BCUT2D eigenvalue weighted by Crippen LogP contribution is 2.35. The normalized spacial score (nSPS) is 26.8. The topological polar surface area (TPSA) is 69.4 Å². The molecular weight excluding hydrogens is 234 g/mol. The SMILES string of the molecule is Cc1nc(COC2COC3(CCNCC3)C2)no1. The number of rotatable bonds is 3. The van der Waals surface area contributed by atoms with E-state index >= 15 is 0 Å². The minimum atomic E-state index is 0.0447. The van der Waals surface area contributed by atoms with Crippen LogP contribution in [0.5, 0.6) is 0 Å². The molecule has 0 saturated carbocycles. The third-order valence-corrected chi connectivity index (χ3v) is 3.71. The Morgan fingerprint density at radius 3 is 3.00 bits per heavy atom. The van der Waals surface area contributed by atoms with Crippen LogP contribution in [0.25, 0.3) is 0 Å². The number of hydrogen-bond acceptors (Lipinski definition) is 6. The van der Waals surface area contributed by atoms with Gasteiger partial charge in [0.1, 0.15) is 6.61 Å². The molecule has 1 spiro atoms. The number of aryl methyl sites for hydroxylation is 1. The van der Waals surface area contributed by atoms with E-state index in [9.17, 15) is 0 Å². The highest BCUT2D eigenvalue weighted by atomic mass is 16.6. The molecule has 6 heteroatoms. The van der Waals surface area contributed by atoms with Crippen LogP contribution in [-0.4, -0.2) is 41.5 Å². The van der Waals surface area contributed by atoms with Crippen molar-refractivity contribution < 1.29 is 14.0 Å². The van der Waals surface area contributed by atoms with E-state index in [2.05, 4.69) is 15.5 Å². The molecule has 0 aromatic carbocycles. The summed E-state index contributed by atoms with van der Waals surface area (Å²) < 4.78 is 16.7. The van der Waals surface area contributed by atoms with Crippen LogP contribution in [0.2, 0.25) is 0 Å². The van der Waals surface area contributed by atoms with Gasteiger partial charge in [-0.05, 0) is 25.9 Å². The Morgan fingerprint density at radius 2 is 2.28 bits per heavy atom. The molecule has 2 fully saturated rings. The molecule has 1 unspecified atom stereocenters. The maximum absolute atomic E-state index is 5.96. The van der Waals surface area contributed by atoms with E-state index in [0.29, 0.717) is 24.9 Å². The molecule has 1 aromatic heterocycles. The zero-order chi connectivity index (χ0) is 12.4. The van der Waals surface area contributed by atoms with Crippen molar-refractivity contribution in [2.45, 2.75) is 44.5 Å². The molecule has 1 aromatic rings. The lowest BCUT2D eigenvalue weighted by molar-refractivity contribution is -0.0243. The third kappa shape index (κ3) is 2.55. The summed E-state index contributed by atoms with van der Waals surface area (Å²) in [5.41, 5.74) is 0.0447. The first-order valence-corrected chi connectivity index (χ1v) is 6.51. The van der Waals surface area contributed by atoms with E-state index in [1.54, 1.807) is 6.92 Å². The minimum Gasteiger partial charge on any atom is -0.372 e. The van der Waals surface area contributed by atoms with Gasteiger partial charge >= 0.3 is 0 Å². The molecule has 6 nitrogen and oxygen atoms in total. The summed E-state index contributed by atoms with van der Waals surface area (Å²) in [5, 5.41) is 7.18. The lowest BCUT2D eigenvalue weighted by atomic mass is 9.89. The van der Waals surface area contributed by atoms with E-state index in [1.807, 2.05) is 0 Å². The smallest absolute Gasteiger partial charge is 0.223 e. The van der Waals surface area contributed by atoms with Crippen molar-refractivity contribution in [1.82, 2.24) is 15.5 Å². The van der Waals surface area contributed by atoms with Crippen LogP contribution in [0.3, 0.4) is 0 Å². The van der Waals surface area contributed by atoms with Gasteiger partial charge in [-0.3, -0.25) is 0 Å². The van der Waals surface area contributed by atoms with Crippen LogP contribution in [0, 0.1) is 6.92 Å². The summed E-state index contributed by atoms with van der Waals surface area (Å²) >= 11 is 0. The number of aromatic nitrogens is 2. The van der Waals surface area contributed by atoms with Gasteiger partial charge < -0.3 is 19.3 Å². The molecule has 3 heterocycles. The van der Waals surface area contributed by atoms with Crippen molar-refractivity contribution in [1.29, 1.82) is 0 Å². The maximum atomic E-state index is 5.96. The molecule has 0 radical (unpaired) electrons. The van der Waals surface area contributed by atoms with Gasteiger partial charge in [0, 0.05) is 13.3 Å². The average Bonchev–Trinajstić information content (AvgIpc) is 2.96. The summed E-state index contributed by atoms with van der Waals surface area (Å²) in [6, 6.07) is 0. The van der Waals surface area contributed by atoms with Crippen molar-refractivity contribution in [3.05, 3.63) is 11.7 Å². The minimum absolute atomic E-state index is 0.0447. The first-order chi connectivity index (χ1) is 8.76. The van der Waals surface area contributed by atoms with E-state index < -0.39 is 0 Å². The fourth-order valence-corrected chi connectivity index (χ4v) is 2.73. The van der Waals surface area contributed by atoms with Gasteiger partial charge in [0.2, 0.25) is 5.89 Å². The molecule has 2 aliphatic heterocycles. The Balaban J connectivity index is 1.50. The van der Waals surface area contributed by atoms with Crippen molar-refractivity contribution in [3.8, 4) is 0 Å². The Morgan fingerprint density at radius 1 is 1.44 bits per heavy atom. The summed E-state index contributed by atoms with van der Waals surface area (Å²) in [4.78, 5) is 4.12. The first-order valence-electron chi connectivity index (χ1n) is 6.51. The van der Waals surface area contributed by atoms with Crippen LogP contribution < -0.4 is 5.32 Å². The van der Waals surface area contributed by atoms with E-state index in [-0.39, 0.29) is 11.7 Å². The van der Waals surface area contributed by atoms with E-state index in [0.717, 1.165) is 32.4 Å². The standard InChI is InChI=1S/C12H19N3O3/c1-9-14-11(15-18-9)8-16-10-6-12(17-7-10)2-4-13-5-3-12/h10,13H,2-8H2,1H3. The monoisotopic (exact) mass is 253 g/mol. The van der Waals surface area contributed by atoms with E-state index in [4.69, 9.17) is 14.0 Å². The molecule has 100 valence electrons. The summed E-state index contributed by atoms with van der Waals surface area (Å²) in [6.45, 7) is 4.93. The predicted octanol–water partition coefficient (Wildman–Crippen LogP) is 0.806. The number of nitrogens with zero attached hydrogens (tertiary/aromatic N) is 2. The highest BCUT2D eigenvalue weighted by molar-refractivity contribution is 4.93. The molecule has 3 rings (SSSR count). The van der Waals surface area contributed by atoms with Crippen LogP contribution in [-0.2, 0) is 16.1 Å². The van der Waals surface area contributed by atoms with Crippen molar-refractivity contribution >= 4 is 0 Å². The summed E-state index contributed by atoms with van der Waals surface area (Å²) in [5.74, 6) is 1.19. The summed E-state index contributed by atoms with van der Waals surface area (Å²) in [7, 11) is 0. The van der Waals surface area contributed by atoms with Gasteiger partial charge in [-0.25, -0.2) is 0 Å². The van der Waals surface area contributed by atoms with Crippen LogP contribution >= 0.6 is 0 Å². The Kier molecular flexibility index (Phi) is 3.32. The van der Waals surface area contributed by atoms with Crippen molar-refractivity contribution in [2.24, 2.45) is 0 Å². The van der Waals surface area contributed by atoms with Crippen molar-refractivity contribution in [2.75, 3.05) is 19.7 Å². The molecule has 2 saturated heterocycles. The third-order valence-electron chi connectivity index (χ3n) is 3.71. The molecule has 0 aliphatic carbocycles. The van der Waals surface area contributed by atoms with E-state index in [1.165, 1.54) is 0 Å². The fourth-order valence-electron chi connectivity index (χ4n) is 2.73. The van der Waals surface area contributed by atoms with Crippen molar-refractivity contribution in [3.63, 3.8) is 0 Å². The largest absolute Gasteiger partial charge is 0.372 e. The molecule has 0 bridgehead atoms. The molecule has 1 atom stereocenters. The summed E-state index contributed by atoms with van der Waals surface area (Å²) in [6.07, 6.45) is 3.29. The Bertz CT molecular complexity index is 401. The second-order valence-corrected chi connectivity index (χ2v) is 5.11. The Hall–Kier alpha value is -0.980. The first kappa shape index (κ1) is 12.1. The van der Waals surface area contributed by atoms with Crippen LogP contribution in [0.1, 0.15) is 31.0 Å². The van der Waals surface area contributed by atoms with Gasteiger partial charge in [-0.15, -0.1) is 0 Å². The predicted molar refractivity (Wildman–Crippen MR) is 63.0 cm³/mol. The van der Waals surface area contributed by atoms with Crippen LogP contribution in [0.15, 0.2) is 4.52 Å². The zero-order valence-electron chi connectivity index (χ0n) is 10.6. The molecule has 18 heavy (non-hydrogen) atoms. The second kappa shape index (κ2) is 4.95. The van der Waals surface area contributed by atoms with Gasteiger partial charge in [-0.2, -0.15) is 4.98 Å². The number of piperidine rings is 1. The molecular formula is C12H19N3O3. The van der Waals surface area contributed by atoms with Gasteiger partial charge in [0.05, 0.1) is 18.3 Å². The lowest BCUT2D eigenvalue weighted by Crippen LogP contribution is -2.41. The molecule has 2 aliphatic rings. The number of nitrogens with one attached hydrogen (secondary N) is 1. The maximum Gasteiger partial charge on any atom is 0.223 e. The van der Waals surface area contributed by atoms with Gasteiger partial charge in [0.25, 0.3) is 0 Å². The Labute approximate surface area is 106 Å². The fraction of sp³-hybridized carbons (Fsp3) is 0.833. The van der Waals surface area contributed by atoms with Gasteiger partial charge in [0.15, 0.2) is 5.82 Å². The number of ether oxygens (including phenoxy) is 2. The number of hydrogen-bond donors (Lipinski definition) is 1. The molecule has 1 N–H and O–H groups in total.